The van der Waals surface area contributed by atoms with Crippen LogP contribution in [0.2, 0.25) is 5.02 Å². The molecule has 1 atom stereocenters. The summed E-state index contributed by atoms with van der Waals surface area (Å²) in [6.45, 7) is 6.74. The number of hydrogen-bond acceptors (Lipinski definition) is 3. The second-order valence-electron chi connectivity index (χ2n) is 4.42. The van der Waals surface area contributed by atoms with Crippen molar-refractivity contribution in [3.05, 3.63) is 35.1 Å². The van der Waals surface area contributed by atoms with Crippen molar-refractivity contribution < 1.29 is 5.11 Å². The van der Waals surface area contributed by atoms with E-state index in [1.807, 2.05) is 25.3 Å². The Morgan fingerprint density at radius 3 is 2.72 bits per heavy atom. The number of nitrogens with zero attached hydrogens (tertiary/aromatic N) is 4. The van der Waals surface area contributed by atoms with E-state index in [1.165, 1.54) is 0 Å². The molecule has 0 aliphatic heterocycles. The lowest BCUT2D eigenvalue weighted by molar-refractivity contribution is 0.195. The largest absolute Gasteiger partial charge is 0.380 e. The minimum absolute atomic E-state index is 0.139. The third kappa shape index (κ3) is 2.15. The first-order valence-electron chi connectivity index (χ1n) is 5.97. The average molecular weight is 269 g/mol. The van der Waals surface area contributed by atoms with Crippen molar-refractivity contribution in [3.8, 4) is 0 Å². The number of aliphatic hydroxyl groups excluding tert-OH is 1. The lowest BCUT2D eigenvalue weighted by atomic mass is 10.2. The van der Waals surface area contributed by atoms with Crippen LogP contribution in [0.25, 0.3) is 0 Å². The van der Waals surface area contributed by atoms with E-state index in [-0.39, 0.29) is 6.04 Å². The number of rotatable bonds is 4. The van der Waals surface area contributed by atoms with Gasteiger partial charge in [-0.3, -0.25) is 4.68 Å². The van der Waals surface area contributed by atoms with Gasteiger partial charge in [0, 0.05) is 12.6 Å². The highest BCUT2D eigenvalue weighted by Gasteiger charge is 2.23. The molecule has 1 N–H and O–H groups in total. The molecule has 0 saturated heterocycles. The van der Waals surface area contributed by atoms with Crippen LogP contribution in [-0.4, -0.2) is 24.4 Å². The van der Waals surface area contributed by atoms with Crippen LogP contribution in [0.3, 0.4) is 0 Å². The molecule has 0 saturated carbocycles. The predicted octanol–water partition coefficient (Wildman–Crippen LogP) is 2.42. The van der Waals surface area contributed by atoms with Crippen LogP contribution in [0.15, 0.2) is 18.7 Å². The van der Waals surface area contributed by atoms with Crippen LogP contribution in [0.5, 0.6) is 0 Å². The topological polar surface area (TPSA) is 55.9 Å². The second-order valence-corrected chi connectivity index (χ2v) is 4.83. The summed E-state index contributed by atoms with van der Waals surface area (Å²) < 4.78 is 3.62. The Bertz CT molecular complexity index is 532. The van der Waals surface area contributed by atoms with Crippen LogP contribution >= 0.6 is 11.6 Å². The quantitative estimate of drug-likeness (QED) is 0.926. The summed E-state index contributed by atoms with van der Waals surface area (Å²) in [5.41, 5.74) is 1.34. The van der Waals surface area contributed by atoms with E-state index in [0.717, 1.165) is 12.2 Å². The predicted molar refractivity (Wildman–Crippen MR) is 69.6 cm³/mol. The van der Waals surface area contributed by atoms with Crippen LogP contribution in [-0.2, 0) is 6.54 Å². The van der Waals surface area contributed by atoms with Gasteiger partial charge in [0.25, 0.3) is 0 Å². The van der Waals surface area contributed by atoms with E-state index >= 15 is 0 Å². The zero-order valence-electron chi connectivity index (χ0n) is 10.7. The van der Waals surface area contributed by atoms with E-state index < -0.39 is 6.10 Å². The molecule has 0 spiro atoms. The van der Waals surface area contributed by atoms with Crippen LogP contribution in [0.4, 0.5) is 0 Å². The Labute approximate surface area is 111 Å². The van der Waals surface area contributed by atoms with E-state index in [9.17, 15) is 5.11 Å². The maximum atomic E-state index is 10.5. The maximum absolute atomic E-state index is 10.5. The van der Waals surface area contributed by atoms with Gasteiger partial charge in [0.05, 0.1) is 35.1 Å². The number of aryl methyl sites for hydroxylation is 1. The zero-order valence-corrected chi connectivity index (χ0v) is 11.5. The average Bonchev–Trinajstić information content (AvgIpc) is 2.93. The monoisotopic (exact) mass is 268 g/mol. The van der Waals surface area contributed by atoms with Crippen molar-refractivity contribution in [3.63, 3.8) is 0 Å². The van der Waals surface area contributed by atoms with Gasteiger partial charge in [0.15, 0.2) is 0 Å². The molecule has 6 heteroatoms. The first-order valence-corrected chi connectivity index (χ1v) is 6.35. The fraction of sp³-hybridized carbons (Fsp3) is 0.500. The molecule has 1 unspecified atom stereocenters. The van der Waals surface area contributed by atoms with Crippen LogP contribution in [0.1, 0.15) is 44.3 Å². The fourth-order valence-corrected chi connectivity index (χ4v) is 2.21. The van der Waals surface area contributed by atoms with Gasteiger partial charge in [-0.1, -0.05) is 11.6 Å². The highest BCUT2D eigenvalue weighted by atomic mass is 35.5. The second kappa shape index (κ2) is 5.12. The summed E-state index contributed by atoms with van der Waals surface area (Å²) in [5, 5.41) is 15.2. The molecule has 2 aromatic heterocycles. The van der Waals surface area contributed by atoms with Gasteiger partial charge in [0.1, 0.15) is 6.10 Å². The van der Waals surface area contributed by atoms with Gasteiger partial charge in [-0.25, -0.2) is 4.98 Å². The first-order chi connectivity index (χ1) is 8.56. The third-order valence-corrected chi connectivity index (χ3v) is 3.19. The van der Waals surface area contributed by atoms with E-state index in [1.54, 1.807) is 23.4 Å². The summed E-state index contributed by atoms with van der Waals surface area (Å²) in [6.07, 6.45) is 4.10. The highest BCUT2D eigenvalue weighted by molar-refractivity contribution is 6.31. The molecule has 2 aromatic rings. The van der Waals surface area contributed by atoms with Gasteiger partial charge in [-0.15, -0.1) is 0 Å². The molecular weight excluding hydrogens is 252 g/mol. The zero-order chi connectivity index (χ0) is 13.3. The molecule has 18 heavy (non-hydrogen) atoms. The van der Waals surface area contributed by atoms with Crippen molar-refractivity contribution in [2.24, 2.45) is 0 Å². The third-order valence-electron chi connectivity index (χ3n) is 2.90. The summed E-state index contributed by atoms with van der Waals surface area (Å²) in [6, 6.07) is 0.139. The molecule has 0 bridgehead atoms. The molecule has 0 fully saturated rings. The van der Waals surface area contributed by atoms with E-state index in [0.29, 0.717) is 10.7 Å². The van der Waals surface area contributed by atoms with Crippen molar-refractivity contribution in [2.75, 3.05) is 0 Å². The van der Waals surface area contributed by atoms with Gasteiger partial charge in [0.2, 0.25) is 0 Å². The summed E-state index contributed by atoms with van der Waals surface area (Å²) in [4.78, 5) is 4.06. The Balaban J connectivity index is 2.45. The SMILES string of the molecule is CCn1cncc1C(O)c1c(Cl)cnn1C(C)C. The molecule has 0 amide bonds. The van der Waals surface area contributed by atoms with Gasteiger partial charge in [-0.2, -0.15) is 5.10 Å². The smallest absolute Gasteiger partial charge is 0.139 e. The van der Waals surface area contributed by atoms with Crippen LogP contribution in [0, 0.1) is 0 Å². The minimum Gasteiger partial charge on any atom is -0.380 e. The summed E-state index contributed by atoms with van der Waals surface area (Å²) in [7, 11) is 0. The first kappa shape index (κ1) is 13.1. The summed E-state index contributed by atoms with van der Waals surface area (Å²) >= 11 is 6.12. The van der Waals surface area contributed by atoms with Gasteiger partial charge in [-0.05, 0) is 20.8 Å². The van der Waals surface area contributed by atoms with E-state index in [2.05, 4.69) is 10.1 Å². The number of halogens is 1. The molecule has 5 nitrogen and oxygen atoms in total. The summed E-state index contributed by atoms with van der Waals surface area (Å²) in [5.74, 6) is 0. The molecule has 0 aromatic carbocycles. The number of hydrogen-bond donors (Lipinski definition) is 1. The Morgan fingerprint density at radius 1 is 1.39 bits per heavy atom. The lowest BCUT2D eigenvalue weighted by Gasteiger charge is -2.17. The molecule has 0 radical (unpaired) electrons. The molecule has 98 valence electrons. The molecule has 2 heterocycles. The lowest BCUT2D eigenvalue weighted by Crippen LogP contribution is -2.15. The maximum Gasteiger partial charge on any atom is 0.139 e. The molecular formula is C12H17ClN4O. The number of aromatic nitrogens is 4. The highest BCUT2D eigenvalue weighted by Crippen LogP contribution is 2.29. The van der Waals surface area contributed by atoms with Crippen LogP contribution < -0.4 is 0 Å². The standard InChI is InChI=1S/C12H17ClN4O/c1-4-16-7-14-6-10(16)12(18)11-9(13)5-15-17(11)8(2)3/h5-8,12,18H,4H2,1-3H3. The van der Waals surface area contributed by atoms with Crippen molar-refractivity contribution in [1.82, 2.24) is 19.3 Å². The van der Waals surface area contributed by atoms with Gasteiger partial charge < -0.3 is 9.67 Å². The minimum atomic E-state index is -0.815. The number of aliphatic hydroxyl groups is 1. The van der Waals surface area contributed by atoms with Crippen molar-refractivity contribution in [1.29, 1.82) is 0 Å². The Kier molecular flexibility index (Phi) is 3.73. The molecule has 0 aliphatic rings. The van der Waals surface area contributed by atoms with Crippen molar-refractivity contribution in [2.45, 2.75) is 39.5 Å². The normalized spacial score (nSPS) is 13.2. The molecule has 0 aliphatic carbocycles. The van der Waals surface area contributed by atoms with Crippen molar-refractivity contribution >= 4 is 11.6 Å². The van der Waals surface area contributed by atoms with E-state index in [4.69, 9.17) is 11.6 Å². The fourth-order valence-electron chi connectivity index (χ4n) is 1.98. The Hall–Kier alpha value is -1.33. The molecule has 2 rings (SSSR count). The number of imidazole rings is 1. The van der Waals surface area contributed by atoms with Gasteiger partial charge >= 0.3 is 0 Å². The Morgan fingerprint density at radius 2 is 2.11 bits per heavy atom.